The Balaban J connectivity index is 1.65. The second-order valence-corrected chi connectivity index (χ2v) is 5.34. The molecule has 1 amide bonds. The number of anilines is 1. The maximum Gasteiger partial charge on any atom is 0.231 e. The van der Waals surface area contributed by atoms with E-state index < -0.39 is 0 Å². The summed E-state index contributed by atoms with van der Waals surface area (Å²) in [7, 11) is 0. The van der Waals surface area contributed by atoms with Crippen LogP contribution in [-0.4, -0.2) is 11.1 Å². The van der Waals surface area contributed by atoms with E-state index >= 15 is 0 Å². The Morgan fingerprint density at radius 2 is 1.78 bits per heavy atom. The molecular weight excluding hydrogens is 288 g/mol. The lowest BCUT2D eigenvalue weighted by Gasteiger charge is -2.00. The number of amides is 1. The van der Waals surface area contributed by atoms with Crippen molar-refractivity contribution in [1.82, 2.24) is 5.16 Å². The molecule has 0 saturated heterocycles. The van der Waals surface area contributed by atoms with Crippen molar-refractivity contribution in [2.24, 2.45) is 0 Å². The molecule has 0 bridgehead atoms. The molecule has 0 saturated carbocycles. The van der Waals surface area contributed by atoms with Gasteiger partial charge in [0, 0.05) is 11.6 Å². The summed E-state index contributed by atoms with van der Waals surface area (Å²) < 4.78 is 5.20. The topological polar surface area (TPSA) is 55.1 Å². The van der Waals surface area contributed by atoms with Crippen LogP contribution in [-0.2, 0) is 17.6 Å². The summed E-state index contributed by atoms with van der Waals surface area (Å²) in [6.07, 6.45) is 1.31. The van der Waals surface area contributed by atoms with E-state index in [9.17, 15) is 4.79 Å². The third kappa shape index (κ3) is 3.86. The van der Waals surface area contributed by atoms with Gasteiger partial charge in [-0.2, -0.15) is 0 Å². The minimum absolute atomic E-state index is 0.125. The molecule has 0 aliphatic rings. The van der Waals surface area contributed by atoms with Gasteiger partial charge in [-0.15, -0.1) is 0 Å². The molecule has 3 rings (SSSR count). The van der Waals surface area contributed by atoms with Crippen LogP contribution in [0.25, 0.3) is 11.3 Å². The maximum absolute atomic E-state index is 12.0. The normalized spacial score (nSPS) is 10.5. The molecule has 0 aliphatic heterocycles. The highest BCUT2D eigenvalue weighted by atomic mass is 16.5. The average molecular weight is 306 g/mol. The van der Waals surface area contributed by atoms with E-state index in [-0.39, 0.29) is 5.91 Å². The van der Waals surface area contributed by atoms with E-state index in [0.29, 0.717) is 18.0 Å². The van der Waals surface area contributed by atoms with E-state index in [2.05, 4.69) is 29.5 Å². The third-order valence-corrected chi connectivity index (χ3v) is 3.64. The molecule has 0 spiro atoms. The molecule has 1 N–H and O–H groups in total. The smallest absolute Gasteiger partial charge is 0.231 e. The molecule has 4 heteroatoms. The van der Waals surface area contributed by atoms with Crippen LogP contribution in [0.1, 0.15) is 18.1 Å². The first kappa shape index (κ1) is 15.0. The summed E-state index contributed by atoms with van der Waals surface area (Å²) >= 11 is 0. The van der Waals surface area contributed by atoms with E-state index in [1.54, 1.807) is 6.07 Å². The lowest BCUT2D eigenvalue weighted by Crippen LogP contribution is -2.13. The van der Waals surface area contributed by atoms with Crippen molar-refractivity contribution in [3.05, 3.63) is 71.8 Å². The zero-order valence-corrected chi connectivity index (χ0v) is 13.0. The van der Waals surface area contributed by atoms with Gasteiger partial charge >= 0.3 is 0 Å². The summed E-state index contributed by atoms with van der Waals surface area (Å²) in [6, 6.07) is 19.5. The first-order valence-corrected chi connectivity index (χ1v) is 7.64. The molecule has 0 fully saturated rings. The number of nitrogens with zero attached hydrogens (tertiary/aromatic N) is 1. The first-order chi connectivity index (χ1) is 11.2. The van der Waals surface area contributed by atoms with Crippen molar-refractivity contribution >= 4 is 11.8 Å². The number of nitrogens with one attached hydrogen (secondary N) is 1. The van der Waals surface area contributed by atoms with E-state index in [1.807, 2.05) is 42.5 Å². The number of rotatable bonds is 5. The van der Waals surface area contributed by atoms with Crippen LogP contribution < -0.4 is 5.32 Å². The number of aryl methyl sites for hydroxylation is 1. The summed E-state index contributed by atoms with van der Waals surface area (Å²) in [5.74, 6) is 0.237. The molecule has 0 unspecified atom stereocenters. The van der Waals surface area contributed by atoms with Crippen molar-refractivity contribution in [3.63, 3.8) is 0 Å². The van der Waals surface area contributed by atoms with Crippen LogP contribution in [0.3, 0.4) is 0 Å². The summed E-state index contributed by atoms with van der Waals surface area (Å²) in [6.45, 7) is 2.12. The largest absolute Gasteiger partial charge is 0.338 e. The number of carbonyl (C=O) groups is 1. The van der Waals surface area contributed by atoms with E-state index in [1.165, 1.54) is 5.56 Å². The van der Waals surface area contributed by atoms with Gasteiger partial charge in [0.2, 0.25) is 11.8 Å². The highest BCUT2D eigenvalue weighted by Gasteiger charge is 2.10. The molecule has 1 heterocycles. The van der Waals surface area contributed by atoms with Gasteiger partial charge in [-0.05, 0) is 17.5 Å². The summed E-state index contributed by atoms with van der Waals surface area (Å²) in [4.78, 5) is 12.0. The first-order valence-electron chi connectivity index (χ1n) is 7.64. The third-order valence-electron chi connectivity index (χ3n) is 3.64. The van der Waals surface area contributed by atoms with Crippen LogP contribution in [0.5, 0.6) is 0 Å². The molecule has 0 aliphatic carbocycles. The van der Waals surface area contributed by atoms with E-state index in [4.69, 9.17) is 4.52 Å². The zero-order chi connectivity index (χ0) is 16.1. The number of hydrogen-bond acceptors (Lipinski definition) is 3. The number of aromatic nitrogens is 1. The molecule has 3 aromatic rings. The quantitative estimate of drug-likeness (QED) is 0.772. The van der Waals surface area contributed by atoms with Crippen LogP contribution >= 0.6 is 0 Å². The zero-order valence-electron chi connectivity index (χ0n) is 13.0. The minimum Gasteiger partial charge on any atom is -0.338 e. The van der Waals surface area contributed by atoms with Crippen LogP contribution in [0, 0.1) is 0 Å². The monoisotopic (exact) mass is 306 g/mol. The molecule has 4 nitrogen and oxygen atoms in total. The highest BCUT2D eigenvalue weighted by molar-refractivity contribution is 5.91. The van der Waals surface area contributed by atoms with Gasteiger partial charge in [-0.1, -0.05) is 66.7 Å². The van der Waals surface area contributed by atoms with Gasteiger partial charge in [-0.3, -0.25) is 10.1 Å². The second kappa shape index (κ2) is 6.92. The van der Waals surface area contributed by atoms with Crippen molar-refractivity contribution in [1.29, 1.82) is 0 Å². The Morgan fingerprint density at radius 3 is 2.48 bits per heavy atom. The lowest BCUT2D eigenvalue weighted by atomic mass is 10.1. The van der Waals surface area contributed by atoms with Gasteiger partial charge in [-0.25, -0.2) is 0 Å². The molecule has 23 heavy (non-hydrogen) atoms. The van der Waals surface area contributed by atoms with Gasteiger partial charge in [0.05, 0.1) is 6.42 Å². The Labute approximate surface area is 135 Å². The van der Waals surface area contributed by atoms with Gasteiger partial charge < -0.3 is 4.52 Å². The summed E-state index contributed by atoms with van der Waals surface area (Å²) in [5.41, 5.74) is 3.91. The summed E-state index contributed by atoms with van der Waals surface area (Å²) in [5, 5.41) is 6.75. The molecular formula is C19H18N2O2. The van der Waals surface area contributed by atoms with Crippen molar-refractivity contribution < 1.29 is 9.32 Å². The van der Waals surface area contributed by atoms with Gasteiger partial charge in [0.1, 0.15) is 5.69 Å². The van der Waals surface area contributed by atoms with Crippen molar-refractivity contribution in [2.75, 3.05) is 5.32 Å². The highest BCUT2D eigenvalue weighted by Crippen LogP contribution is 2.22. The van der Waals surface area contributed by atoms with Crippen LogP contribution in [0.15, 0.2) is 65.2 Å². The molecule has 116 valence electrons. The lowest BCUT2D eigenvalue weighted by molar-refractivity contribution is -0.115. The van der Waals surface area contributed by atoms with Crippen LogP contribution in [0.4, 0.5) is 5.88 Å². The Hall–Kier alpha value is -2.88. The SMILES string of the molecule is CCc1ccc(-c2cc(NC(=O)Cc3ccccc3)on2)cc1. The second-order valence-electron chi connectivity index (χ2n) is 5.34. The fourth-order valence-corrected chi connectivity index (χ4v) is 2.34. The fourth-order valence-electron chi connectivity index (χ4n) is 2.34. The molecule has 0 atom stereocenters. The van der Waals surface area contributed by atoms with Crippen molar-refractivity contribution in [3.8, 4) is 11.3 Å². The van der Waals surface area contributed by atoms with Crippen molar-refractivity contribution in [2.45, 2.75) is 19.8 Å². The maximum atomic E-state index is 12.0. The minimum atomic E-state index is -0.125. The number of hydrogen-bond donors (Lipinski definition) is 1. The molecule has 2 aromatic carbocycles. The molecule has 0 radical (unpaired) electrons. The predicted molar refractivity (Wildman–Crippen MR) is 90.1 cm³/mol. The Bertz CT molecular complexity index is 777. The van der Waals surface area contributed by atoms with Gasteiger partial charge in [0.15, 0.2) is 0 Å². The Morgan fingerprint density at radius 1 is 1.04 bits per heavy atom. The Kier molecular flexibility index (Phi) is 4.52. The van der Waals surface area contributed by atoms with Crippen LogP contribution in [0.2, 0.25) is 0 Å². The average Bonchev–Trinajstić information content (AvgIpc) is 3.04. The fraction of sp³-hybridized carbons (Fsp3) is 0.158. The molecule has 1 aromatic heterocycles. The number of carbonyl (C=O) groups excluding carboxylic acids is 1. The van der Waals surface area contributed by atoms with Gasteiger partial charge in [0.25, 0.3) is 0 Å². The predicted octanol–water partition coefficient (Wildman–Crippen LogP) is 4.09. The standard InChI is InChI=1S/C19H18N2O2/c1-2-14-8-10-16(11-9-14)17-13-19(23-21-17)20-18(22)12-15-6-4-3-5-7-15/h3-11,13H,2,12H2,1H3,(H,20,22). The van der Waals surface area contributed by atoms with E-state index in [0.717, 1.165) is 17.5 Å². The number of benzene rings is 2.